The molecule has 0 N–H and O–H groups in total. The number of allylic oxidation sites excluding steroid dienone is 2. The number of carbonyl (C=O) groups is 2. The normalized spacial score (nSPS) is 29.8. The number of hydrogen-bond donors (Lipinski definition) is 0. The highest BCUT2D eigenvalue weighted by Gasteiger charge is 2.50. The van der Waals surface area contributed by atoms with Crippen LogP contribution in [0.25, 0.3) is 0 Å². The van der Waals surface area contributed by atoms with Crippen LogP contribution in [0.4, 0.5) is 0 Å². The third-order valence-corrected chi connectivity index (χ3v) is 7.40. The first kappa shape index (κ1) is 22.0. The molecule has 0 radical (unpaired) electrons. The first-order valence-electron chi connectivity index (χ1n) is 11.3. The van der Waals surface area contributed by atoms with Gasteiger partial charge in [-0.3, -0.25) is 0 Å². The Hall–Kier alpha value is -2.18. The third-order valence-electron chi connectivity index (χ3n) is 7.40. The van der Waals surface area contributed by atoms with Gasteiger partial charge in [-0.05, 0) is 69.4 Å². The number of esters is 2. The molecule has 2 bridgehead atoms. The summed E-state index contributed by atoms with van der Waals surface area (Å²) in [4.78, 5) is 24.8. The maximum absolute atomic E-state index is 12.8. The van der Waals surface area contributed by atoms with E-state index < -0.39 is 11.9 Å². The van der Waals surface area contributed by atoms with Gasteiger partial charge in [0.1, 0.15) is 0 Å². The van der Waals surface area contributed by atoms with E-state index >= 15 is 0 Å². The van der Waals surface area contributed by atoms with Gasteiger partial charge in [-0.2, -0.15) is 0 Å². The van der Waals surface area contributed by atoms with E-state index in [4.69, 9.17) is 18.9 Å². The van der Waals surface area contributed by atoms with Crippen molar-refractivity contribution >= 4 is 11.9 Å². The molecule has 1 aromatic rings. The minimum atomic E-state index is -0.541. The molecular weight excluding hydrogens is 396 g/mol. The molecule has 31 heavy (non-hydrogen) atoms. The molecule has 0 amide bonds. The Balaban J connectivity index is 1.43. The van der Waals surface area contributed by atoms with E-state index in [0.717, 1.165) is 32.3 Å². The molecule has 6 heteroatoms. The average Bonchev–Trinajstić information content (AvgIpc) is 3.31. The van der Waals surface area contributed by atoms with Crippen LogP contribution in [0.5, 0.6) is 0 Å². The highest BCUT2D eigenvalue weighted by molar-refractivity contribution is 6.03. The van der Waals surface area contributed by atoms with Gasteiger partial charge >= 0.3 is 11.9 Å². The maximum atomic E-state index is 12.8. The minimum absolute atomic E-state index is 0.117. The number of hydrogen-bond acceptors (Lipinski definition) is 6. The maximum Gasteiger partial charge on any atom is 0.339 e. The zero-order valence-corrected chi connectivity index (χ0v) is 18.6. The van der Waals surface area contributed by atoms with Crippen molar-refractivity contribution < 1.29 is 28.5 Å². The van der Waals surface area contributed by atoms with E-state index in [0.29, 0.717) is 31.0 Å². The number of carbonyl (C=O) groups excluding carboxylic acids is 2. The van der Waals surface area contributed by atoms with Crippen LogP contribution >= 0.6 is 0 Å². The number of ether oxygens (including phenoxy) is 4. The number of benzene rings is 1. The quantitative estimate of drug-likeness (QED) is 0.474. The molecule has 1 unspecified atom stereocenters. The zero-order valence-electron chi connectivity index (χ0n) is 18.6. The van der Waals surface area contributed by atoms with Gasteiger partial charge in [-0.25, -0.2) is 9.59 Å². The van der Waals surface area contributed by atoms with Crippen molar-refractivity contribution in [1.82, 2.24) is 0 Å². The molecule has 1 heterocycles. The summed E-state index contributed by atoms with van der Waals surface area (Å²) in [5, 5.41) is 0. The molecule has 2 fully saturated rings. The molecule has 4 rings (SSSR count). The Labute approximate surface area is 183 Å². The molecule has 5 atom stereocenters. The molecule has 1 aliphatic heterocycles. The van der Waals surface area contributed by atoms with Crippen molar-refractivity contribution in [3.63, 3.8) is 0 Å². The molecule has 1 aromatic carbocycles. The van der Waals surface area contributed by atoms with E-state index in [-0.39, 0.29) is 23.3 Å². The molecule has 6 nitrogen and oxygen atoms in total. The summed E-state index contributed by atoms with van der Waals surface area (Å²) < 4.78 is 22.4. The van der Waals surface area contributed by atoms with Gasteiger partial charge in [-0.1, -0.05) is 23.3 Å². The summed E-state index contributed by atoms with van der Waals surface area (Å²) in [6.07, 6.45) is 4.16. The summed E-state index contributed by atoms with van der Waals surface area (Å²) in [5.74, 6) is 0.377. The van der Waals surface area contributed by atoms with E-state index in [1.165, 1.54) is 18.3 Å². The van der Waals surface area contributed by atoms with Gasteiger partial charge in [0.25, 0.3) is 0 Å². The van der Waals surface area contributed by atoms with Crippen molar-refractivity contribution in [3.8, 4) is 0 Å². The van der Waals surface area contributed by atoms with E-state index in [1.807, 2.05) is 0 Å². The Morgan fingerprint density at radius 1 is 0.968 bits per heavy atom. The highest BCUT2D eigenvalue weighted by Crippen LogP contribution is 2.55. The second-order valence-corrected chi connectivity index (χ2v) is 8.91. The molecule has 1 saturated heterocycles. The smallest absolute Gasteiger partial charge is 0.339 e. The van der Waals surface area contributed by atoms with E-state index in [2.05, 4.69) is 13.8 Å². The van der Waals surface area contributed by atoms with E-state index in [9.17, 15) is 9.59 Å². The molecule has 168 valence electrons. The molecule has 0 aromatic heterocycles. The summed E-state index contributed by atoms with van der Waals surface area (Å²) in [7, 11) is 1.30. The predicted octanol–water partition coefficient (Wildman–Crippen LogP) is 4.39. The Kier molecular flexibility index (Phi) is 6.77. The SMILES string of the molecule is COC(=O)c1ccccc1C(=O)OC[C@@H]1[C@@H](COC2CCCCO2)[C@H]2C[C@@H]1C(C)=C2C. The standard InChI is InChI=1S/C25H32O6/c1-15-16(2)20-12-19(15)21(13-30-23-10-6-7-11-29-23)22(20)14-31-25(27)18-9-5-4-8-17(18)24(26)28-3/h4-5,8-9,19-23H,6-7,10-14H2,1-3H3/t19-,20+,21-,22-,23?/m0/s1. The summed E-state index contributed by atoms with van der Waals surface area (Å²) in [5.41, 5.74) is 3.35. The lowest BCUT2D eigenvalue weighted by atomic mass is 9.77. The van der Waals surface area contributed by atoms with Crippen LogP contribution in [0.2, 0.25) is 0 Å². The van der Waals surface area contributed by atoms with Gasteiger partial charge < -0.3 is 18.9 Å². The van der Waals surface area contributed by atoms with Gasteiger partial charge in [0.05, 0.1) is 31.5 Å². The Bertz CT molecular complexity index is 853. The fourth-order valence-corrected chi connectivity index (χ4v) is 5.54. The van der Waals surface area contributed by atoms with Crippen molar-refractivity contribution in [2.75, 3.05) is 26.9 Å². The molecule has 1 saturated carbocycles. The van der Waals surface area contributed by atoms with Crippen molar-refractivity contribution in [2.24, 2.45) is 23.7 Å². The van der Waals surface area contributed by atoms with Crippen LogP contribution in [0.1, 0.15) is 60.2 Å². The minimum Gasteiger partial charge on any atom is -0.465 e. The second-order valence-electron chi connectivity index (χ2n) is 8.91. The lowest BCUT2D eigenvalue weighted by Crippen LogP contribution is -2.34. The predicted molar refractivity (Wildman–Crippen MR) is 115 cm³/mol. The van der Waals surface area contributed by atoms with Gasteiger partial charge in [-0.15, -0.1) is 0 Å². The highest BCUT2D eigenvalue weighted by atomic mass is 16.7. The third kappa shape index (κ3) is 4.41. The summed E-state index contributed by atoms with van der Waals surface area (Å²) in [6, 6.07) is 6.61. The van der Waals surface area contributed by atoms with Crippen molar-refractivity contribution in [3.05, 3.63) is 46.5 Å². The topological polar surface area (TPSA) is 71.1 Å². The monoisotopic (exact) mass is 428 g/mol. The van der Waals surface area contributed by atoms with Crippen molar-refractivity contribution in [1.29, 1.82) is 0 Å². The van der Waals surface area contributed by atoms with Gasteiger partial charge in [0, 0.05) is 12.5 Å². The van der Waals surface area contributed by atoms with Crippen LogP contribution in [0.3, 0.4) is 0 Å². The lowest BCUT2D eigenvalue weighted by molar-refractivity contribution is -0.173. The fourth-order valence-electron chi connectivity index (χ4n) is 5.54. The first-order valence-corrected chi connectivity index (χ1v) is 11.3. The molecular formula is C25H32O6. The Morgan fingerprint density at radius 3 is 2.23 bits per heavy atom. The van der Waals surface area contributed by atoms with Crippen LogP contribution in [0.15, 0.2) is 35.4 Å². The Morgan fingerprint density at radius 2 is 1.61 bits per heavy atom. The largest absolute Gasteiger partial charge is 0.465 e. The zero-order chi connectivity index (χ0) is 22.0. The molecule has 2 aliphatic carbocycles. The van der Waals surface area contributed by atoms with E-state index in [1.54, 1.807) is 24.3 Å². The van der Waals surface area contributed by atoms with Crippen LogP contribution < -0.4 is 0 Å². The van der Waals surface area contributed by atoms with Crippen LogP contribution in [-0.2, 0) is 18.9 Å². The van der Waals surface area contributed by atoms with Crippen molar-refractivity contribution in [2.45, 2.75) is 45.8 Å². The average molecular weight is 429 g/mol. The molecule has 3 aliphatic rings. The number of methoxy groups -OCH3 is 1. The van der Waals surface area contributed by atoms with Crippen LogP contribution in [-0.4, -0.2) is 45.2 Å². The number of rotatable bonds is 7. The number of fused-ring (bicyclic) bond motifs is 2. The second kappa shape index (κ2) is 9.53. The summed E-state index contributed by atoms with van der Waals surface area (Å²) >= 11 is 0. The molecule has 0 spiro atoms. The first-order chi connectivity index (χ1) is 15.0. The van der Waals surface area contributed by atoms with Gasteiger partial charge in [0.15, 0.2) is 6.29 Å². The van der Waals surface area contributed by atoms with Gasteiger partial charge in [0.2, 0.25) is 0 Å². The van der Waals surface area contributed by atoms with Crippen LogP contribution in [0, 0.1) is 23.7 Å². The fraction of sp³-hybridized carbons (Fsp3) is 0.600. The summed E-state index contributed by atoms with van der Waals surface area (Å²) in [6.45, 7) is 6.12. The lowest BCUT2D eigenvalue weighted by Gasteiger charge is -2.33.